The molecule has 35 heavy (non-hydrogen) atoms. The molecule has 0 saturated heterocycles. The summed E-state index contributed by atoms with van der Waals surface area (Å²) in [6.07, 6.45) is -0.108. The normalized spacial score (nSPS) is 10.4. The second-order valence-electron chi connectivity index (χ2n) is 7.51. The van der Waals surface area contributed by atoms with E-state index in [9.17, 15) is 18.8 Å². The van der Waals surface area contributed by atoms with Crippen molar-refractivity contribution in [3.63, 3.8) is 0 Å². The Morgan fingerprint density at radius 2 is 1.31 bits per heavy atom. The van der Waals surface area contributed by atoms with E-state index < -0.39 is 11.7 Å². The standard InChI is InChI=1S/C27H27FN2O5/c1-3-34-24-17-22(30-27(33)19-8-6-5-7-9-19)25(35-4-2)16-21(24)29-26(32)15-14-23(31)18-10-12-20(28)13-11-18/h5-13,16-17H,3-4,14-15H2,1-2H3,(H,29,32)(H,30,33). The number of carbonyl (C=O) groups excluding carboxylic acids is 3. The number of hydrogen-bond donors (Lipinski definition) is 2. The average molecular weight is 479 g/mol. The summed E-state index contributed by atoms with van der Waals surface area (Å²) in [4.78, 5) is 37.5. The van der Waals surface area contributed by atoms with Gasteiger partial charge in [0.2, 0.25) is 5.91 Å². The van der Waals surface area contributed by atoms with Crippen molar-refractivity contribution in [2.75, 3.05) is 23.8 Å². The van der Waals surface area contributed by atoms with Crippen LogP contribution in [0.3, 0.4) is 0 Å². The summed E-state index contributed by atoms with van der Waals surface area (Å²) < 4.78 is 24.4. The smallest absolute Gasteiger partial charge is 0.255 e. The SMILES string of the molecule is CCOc1cc(NC(=O)c2ccccc2)c(OCC)cc1NC(=O)CCC(=O)c1ccc(F)cc1. The predicted octanol–water partition coefficient (Wildman–Crippen LogP) is 5.48. The van der Waals surface area contributed by atoms with Gasteiger partial charge in [-0.15, -0.1) is 0 Å². The molecule has 0 aliphatic carbocycles. The molecule has 0 spiro atoms. The molecule has 2 N–H and O–H groups in total. The maximum atomic E-state index is 13.1. The van der Waals surface area contributed by atoms with Gasteiger partial charge < -0.3 is 20.1 Å². The number of benzene rings is 3. The van der Waals surface area contributed by atoms with E-state index in [0.717, 1.165) is 0 Å². The van der Waals surface area contributed by atoms with Crippen LogP contribution in [0.5, 0.6) is 11.5 Å². The van der Waals surface area contributed by atoms with Crippen molar-refractivity contribution in [3.8, 4) is 11.5 Å². The third-order valence-corrected chi connectivity index (χ3v) is 4.99. The van der Waals surface area contributed by atoms with Crippen molar-refractivity contribution in [1.82, 2.24) is 0 Å². The zero-order chi connectivity index (χ0) is 25.2. The molecule has 0 bridgehead atoms. The number of rotatable bonds is 11. The number of hydrogen-bond acceptors (Lipinski definition) is 5. The van der Waals surface area contributed by atoms with E-state index in [1.54, 1.807) is 50.2 Å². The van der Waals surface area contributed by atoms with Crippen LogP contribution < -0.4 is 20.1 Å². The number of anilines is 2. The lowest BCUT2D eigenvalue weighted by molar-refractivity contribution is -0.116. The van der Waals surface area contributed by atoms with Gasteiger partial charge in [-0.25, -0.2) is 4.39 Å². The minimum absolute atomic E-state index is 0.0367. The van der Waals surface area contributed by atoms with Gasteiger partial charge in [-0.05, 0) is 50.2 Å². The van der Waals surface area contributed by atoms with Gasteiger partial charge in [-0.1, -0.05) is 18.2 Å². The number of carbonyl (C=O) groups is 3. The Morgan fingerprint density at radius 3 is 1.89 bits per heavy atom. The summed E-state index contributed by atoms with van der Waals surface area (Å²) in [5.41, 5.74) is 1.57. The van der Waals surface area contributed by atoms with Gasteiger partial charge in [0.1, 0.15) is 17.3 Å². The van der Waals surface area contributed by atoms with Crippen LogP contribution in [0.1, 0.15) is 47.4 Å². The fourth-order valence-electron chi connectivity index (χ4n) is 3.31. The Balaban J connectivity index is 1.75. The van der Waals surface area contributed by atoms with Gasteiger partial charge in [-0.3, -0.25) is 14.4 Å². The van der Waals surface area contributed by atoms with Crippen molar-refractivity contribution < 1.29 is 28.2 Å². The molecule has 0 aliphatic heterocycles. The third-order valence-electron chi connectivity index (χ3n) is 4.99. The first-order valence-corrected chi connectivity index (χ1v) is 11.3. The van der Waals surface area contributed by atoms with E-state index in [1.165, 1.54) is 24.3 Å². The summed E-state index contributed by atoms with van der Waals surface area (Å²) in [6, 6.07) is 17.1. The molecule has 0 radical (unpaired) electrons. The summed E-state index contributed by atoms with van der Waals surface area (Å²) in [7, 11) is 0. The third kappa shape index (κ3) is 7.14. The molecule has 7 nitrogen and oxygen atoms in total. The topological polar surface area (TPSA) is 93.7 Å². The van der Waals surface area contributed by atoms with E-state index in [1.807, 2.05) is 6.07 Å². The van der Waals surface area contributed by atoms with Gasteiger partial charge in [0.05, 0.1) is 24.6 Å². The Labute approximate surface area is 203 Å². The molecule has 3 aromatic rings. The summed E-state index contributed by atoms with van der Waals surface area (Å²) in [5, 5.41) is 5.58. The average Bonchev–Trinajstić information content (AvgIpc) is 2.86. The molecule has 3 aromatic carbocycles. The Hall–Kier alpha value is -4.20. The lowest BCUT2D eigenvalue weighted by atomic mass is 10.1. The zero-order valence-electron chi connectivity index (χ0n) is 19.6. The van der Waals surface area contributed by atoms with Crippen LogP contribution in [-0.2, 0) is 4.79 Å². The minimum atomic E-state index is -0.434. The second kappa shape index (κ2) is 12.3. The second-order valence-corrected chi connectivity index (χ2v) is 7.51. The van der Waals surface area contributed by atoms with Crippen LogP contribution in [0, 0.1) is 5.82 Å². The van der Waals surface area contributed by atoms with Crippen molar-refractivity contribution in [1.29, 1.82) is 0 Å². The highest BCUT2D eigenvalue weighted by atomic mass is 19.1. The first kappa shape index (κ1) is 25.4. The molecular formula is C27H27FN2O5. The molecule has 0 fully saturated rings. The Morgan fingerprint density at radius 1 is 0.743 bits per heavy atom. The summed E-state index contributed by atoms with van der Waals surface area (Å²) in [6.45, 7) is 4.26. The Kier molecular flexibility index (Phi) is 8.95. The number of ether oxygens (including phenoxy) is 2. The van der Waals surface area contributed by atoms with Crippen molar-refractivity contribution in [3.05, 3.63) is 83.7 Å². The van der Waals surface area contributed by atoms with Crippen LogP contribution in [0.25, 0.3) is 0 Å². The van der Waals surface area contributed by atoms with Gasteiger partial charge in [0, 0.05) is 36.1 Å². The Bertz CT molecular complexity index is 1180. The van der Waals surface area contributed by atoms with Crippen LogP contribution in [0.4, 0.5) is 15.8 Å². The minimum Gasteiger partial charge on any atom is -0.492 e. The number of amides is 2. The summed E-state index contributed by atoms with van der Waals surface area (Å²) in [5.74, 6) is -0.708. The van der Waals surface area contributed by atoms with Crippen LogP contribution in [-0.4, -0.2) is 30.8 Å². The van der Waals surface area contributed by atoms with Crippen LogP contribution >= 0.6 is 0 Å². The zero-order valence-corrected chi connectivity index (χ0v) is 19.6. The quantitative estimate of drug-likeness (QED) is 0.356. The highest BCUT2D eigenvalue weighted by Crippen LogP contribution is 2.37. The number of nitrogens with one attached hydrogen (secondary N) is 2. The lowest BCUT2D eigenvalue weighted by Crippen LogP contribution is -2.16. The molecule has 0 unspecified atom stereocenters. The van der Waals surface area contributed by atoms with Crippen molar-refractivity contribution in [2.24, 2.45) is 0 Å². The van der Waals surface area contributed by atoms with E-state index in [2.05, 4.69) is 10.6 Å². The number of Topliss-reactive ketones (excluding diaryl/α,β-unsaturated/α-hetero) is 1. The first-order chi connectivity index (χ1) is 16.9. The van der Waals surface area contributed by atoms with Gasteiger partial charge in [0.25, 0.3) is 5.91 Å². The van der Waals surface area contributed by atoms with E-state index in [0.29, 0.717) is 47.2 Å². The molecule has 0 saturated carbocycles. The van der Waals surface area contributed by atoms with Crippen LogP contribution in [0.2, 0.25) is 0 Å². The maximum Gasteiger partial charge on any atom is 0.255 e. The number of halogens is 1. The lowest BCUT2D eigenvalue weighted by Gasteiger charge is -2.18. The van der Waals surface area contributed by atoms with Gasteiger partial charge >= 0.3 is 0 Å². The molecule has 2 amide bonds. The molecule has 8 heteroatoms. The largest absolute Gasteiger partial charge is 0.492 e. The molecule has 0 aliphatic rings. The number of ketones is 1. The van der Waals surface area contributed by atoms with E-state index in [4.69, 9.17) is 9.47 Å². The molecular weight excluding hydrogens is 451 g/mol. The molecule has 3 rings (SSSR count). The molecule has 182 valence electrons. The highest BCUT2D eigenvalue weighted by molar-refractivity contribution is 6.06. The maximum absolute atomic E-state index is 13.1. The fraction of sp³-hybridized carbons (Fsp3) is 0.222. The molecule has 0 atom stereocenters. The van der Waals surface area contributed by atoms with Crippen LogP contribution in [0.15, 0.2) is 66.7 Å². The monoisotopic (exact) mass is 478 g/mol. The van der Waals surface area contributed by atoms with E-state index >= 15 is 0 Å². The van der Waals surface area contributed by atoms with Gasteiger partial charge in [-0.2, -0.15) is 0 Å². The molecule has 0 heterocycles. The summed E-state index contributed by atoms with van der Waals surface area (Å²) >= 11 is 0. The molecule has 0 aromatic heterocycles. The van der Waals surface area contributed by atoms with Crippen molar-refractivity contribution >= 4 is 29.0 Å². The predicted molar refractivity (Wildman–Crippen MR) is 132 cm³/mol. The van der Waals surface area contributed by atoms with Gasteiger partial charge in [0.15, 0.2) is 5.78 Å². The first-order valence-electron chi connectivity index (χ1n) is 11.3. The van der Waals surface area contributed by atoms with Crippen molar-refractivity contribution in [2.45, 2.75) is 26.7 Å². The fourth-order valence-corrected chi connectivity index (χ4v) is 3.31. The highest BCUT2D eigenvalue weighted by Gasteiger charge is 2.17. The van der Waals surface area contributed by atoms with E-state index in [-0.39, 0.29) is 24.5 Å².